The molecule has 0 unspecified atom stereocenters. The van der Waals surface area contributed by atoms with Crippen molar-refractivity contribution in [3.8, 4) is 0 Å². The molecule has 1 rings (SSSR count). The molecule has 1 aromatic rings. The van der Waals surface area contributed by atoms with E-state index in [0.717, 1.165) is 0 Å². The molecule has 7 nitrogen and oxygen atoms in total. The molecule has 0 aromatic heterocycles. The number of aliphatic hydroxyl groups excluding tert-OH is 3. The predicted molar refractivity (Wildman–Crippen MR) is 65.1 cm³/mol. The fraction of sp³-hybridized carbons (Fsp3) is 0.400. The van der Waals surface area contributed by atoms with Crippen LogP contribution in [0.2, 0.25) is 0 Å². The highest BCUT2D eigenvalue weighted by Crippen LogP contribution is 2.22. The highest BCUT2D eigenvalue weighted by Gasteiger charge is 2.35. The molecule has 0 saturated carbocycles. The minimum absolute atomic E-state index is 0.327. The maximum Gasteiger partial charge on any atom is 0.244 e. The van der Waals surface area contributed by atoms with Crippen LogP contribution >= 0.6 is 0 Å². The van der Waals surface area contributed by atoms with E-state index in [1.165, 1.54) is 0 Å². The third-order valence-electron chi connectivity index (χ3n) is 2.57. The van der Waals surface area contributed by atoms with Crippen molar-refractivity contribution in [1.29, 1.82) is 0 Å². The summed E-state index contributed by atoms with van der Waals surface area (Å²) >= 11 is 0. The summed E-state index contributed by atoms with van der Waals surface area (Å²) in [7, 11) is -4.65. The predicted octanol–water partition coefficient (Wildman–Crippen LogP) is -1.46. The third kappa shape index (κ3) is 3.22. The molecule has 6 N–H and O–H groups in total. The van der Waals surface area contributed by atoms with E-state index >= 15 is 0 Å². The van der Waals surface area contributed by atoms with Crippen LogP contribution < -0.4 is 10.5 Å². The zero-order chi connectivity index (χ0) is 15.6. The van der Waals surface area contributed by atoms with E-state index in [2.05, 4.69) is 0 Å². The number of nitrogen functional groups attached to an aromatic ring is 1. The molecular formula is C10H14F2N2O5S. The largest absolute Gasteiger partial charge is 0.399 e. The van der Waals surface area contributed by atoms with Crippen molar-refractivity contribution in [2.75, 3.05) is 25.6 Å². The van der Waals surface area contributed by atoms with Gasteiger partial charge in [-0.05, 0) is 12.1 Å². The van der Waals surface area contributed by atoms with E-state index in [-0.39, 0.29) is 5.69 Å². The first kappa shape index (κ1) is 16.7. The van der Waals surface area contributed by atoms with Gasteiger partial charge in [0.15, 0.2) is 11.6 Å². The molecule has 0 aliphatic heterocycles. The summed E-state index contributed by atoms with van der Waals surface area (Å²) in [6.45, 7) is -2.86. The van der Waals surface area contributed by atoms with E-state index in [1.807, 2.05) is 0 Å². The van der Waals surface area contributed by atoms with Crippen LogP contribution in [0.1, 0.15) is 0 Å². The van der Waals surface area contributed by atoms with Gasteiger partial charge in [-0.15, -0.1) is 0 Å². The van der Waals surface area contributed by atoms with Gasteiger partial charge in [-0.1, -0.05) is 0 Å². The maximum atomic E-state index is 13.5. The number of aliphatic hydroxyl groups is 3. The number of sulfonamides is 1. The standard InChI is InChI=1S/C10H14F2N2O5S/c11-7-1-6(13)2-8(9(7)12)20(18,19)14-10(3-15,4-16)5-17/h1-2,14-17H,3-5,13H2. The number of rotatable bonds is 6. The Labute approximate surface area is 113 Å². The van der Waals surface area contributed by atoms with Gasteiger partial charge in [0, 0.05) is 5.69 Å². The minimum Gasteiger partial charge on any atom is -0.399 e. The van der Waals surface area contributed by atoms with Crippen molar-refractivity contribution in [1.82, 2.24) is 4.72 Å². The zero-order valence-corrected chi connectivity index (χ0v) is 11.0. The van der Waals surface area contributed by atoms with E-state index in [0.29, 0.717) is 12.1 Å². The Balaban J connectivity index is 3.31. The molecule has 0 saturated heterocycles. The molecule has 0 spiro atoms. The van der Waals surface area contributed by atoms with Crippen molar-refractivity contribution in [3.63, 3.8) is 0 Å². The second-order valence-electron chi connectivity index (χ2n) is 4.18. The van der Waals surface area contributed by atoms with Crippen LogP contribution in [-0.4, -0.2) is 49.1 Å². The molecule has 0 heterocycles. The van der Waals surface area contributed by atoms with Gasteiger partial charge < -0.3 is 21.1 Å². The molecule has 20 heavy (non-hydrogen) atoms. The number of anilines is 1. The van der Waals surface area contributed by atoms with Gasteiger partial charge in [-0.3, -0.25) is 0 Å². The van der Waals surface area contributed by atoms with Crippen molar-refractivity contribution >= 4 is 15.7 Å². The molecule has 10 heteroatoms. The van der Waals surface area contributed by atoms with Crippen LogP contribution in [-0.2, 0) is 10.0 Å². The van der Waals surface area contributed by atoms with Gasteiger partial charge in [-0.2, -0.15) is 4.72 Å². The summed E-state index contributed by atoms with van der Waals surface area (Å²) in [4.78, 5) is -1.09. The Morgan fingerprint density at radius 2 is 1.65 bits per heavy atom. The molecule has 0 bridgehead atoms. The fourth-order valence-electron chi connectivity index (χ4n) is 1.37. The van der Waals surface area contributed by atoms with Crippen molar-refractivity contribution < 1.29 is 32.5 Å². The lowest BCUT2D eigenvalue weighted by Gasteiger charge is -2.28. The van der Waals surface area contributed by atoms with Crippen LogP contribution in [0, 0.1) is 11.6 Å². The first-order valence-corrected chi connectivity index (χ1v) is 6.81. The van der Waals surface area contributed by atoms with E-state index in [1.54, 1.807) is 4.72 Å². The average molecular weight is 312 g/mol. The normalized spacial score (nSPS) is 12.7. The van der Waals surface area contributed by atoms with Gasteiger partial charge in [0.05, 0.1) is 19.8 Å². The smallest absolute Gasteiger partial charge is 0.244 e. The van der Waals surface area contributed by atoms with Crippen molar-refractivity contribution in [2.45, 2.75) is 10.4 Å². The molecule has 0 radical (unpaired) electrons. The average Bonchev–Trinajstić information content (AvgIpc) is 2.40. The lowest BCUT2D eigenvalue weighted by molar-refractivity contribution is 0.0581. The Morgan fingerprint density at radius 1 is 1.15 bits per heavy atom. The highest BCUT2D eigenvalue weighted by atomic mass is 32.2. The lowest BCUT2D eigenvalue weighted by Crippen LogP contribution is -2.56. The van der Waals surface area contributed by atoms with Gasteiger partial charge in [0.25, 0.3) is 0 Å². The molecule has 114 valence electrons. The second-order valence-corrected chi connectivity index (χ2v) is 5.83. The lowest BCUT2D eigenvalue weighted by atomic mass is 10.1. The van der Waals surface area contributed by atoms with Gasteiger partial charge in [-0.25, -0.2) is 17.2 Å². The molecule has 0 atom stereocenters. The number of halogens is 2. The zero-order valence-electron chi connectivity index (χ0n) is 10.2. The van der Waals surface area contributed by atoms with Crippen molar-refractivity contribution in [3.05, 3.63) is 23.8 Å². The third-order valence-corrected chi connectivity index (χ3v) is 4.14. The quantitative estimate of drug-likeness (QED) is 0.408. The van der Waals surface area contributed by atoms with E-state index in [4.69, 9.17) is 21.1 Å². The fourth-order valence-corrected chi connectivity index (χ4v) is 2.86. The number of nitrogens with one attached hydrogen (secondary N) is 1. The molecule has 0 fully saturated rings. The van der Waals surface area contributed by atoms with E-state index < -0.39 is 51.9 Å². The topological polar surface area (TPSA) is 133 Å². The monoisotopic (exact) mass is 312 g/mol. The molecule has 0 aliphatic carbocycles. The Kier molecular flexibility index (Phi) is 5.00. The van der Waals surface area contributed by atoms with E-state index in [9.17, 15) is 17.2 Å². The summed E-state index contributed by atoms with van der Waals surface area (Å²) in [6, 6.07) is 1.28. The van der Waals surface area contributed by atoms with Crippen LogP contribution in [0.25, 0.3) is 0 Å². The summed E-state index contributed by atoms with van der Waals surface area (Å²) < 4.78 is 52.3. The Bertz CT molecular complexity index is 581. The van der Waals surface area contributed by atoms with Gasteiger partial charge in [0.2, 0.25) is 10.0 Å². The molecule has 0 amide bonds. The minimum atomic E-state index is -4.65. The molecule has 1 aromatic carbocycles. The number of benzene rings is 1. The van der Waals surface area contributed by atoms with Gasteiger partial charge in [0.1, 0.15) is 10.4 Å². The number of nitrogens with two attached hydrogens (primary N) is 1. The first-order chi connectivity index (χ1) is 9.21. The SMILES string of the molecule is Nc1cc(F)c(F)c(S(=O)(=O)NC(CO)(CO)CO)c1. The highest BCUT2D eigenvalue weighted by molar-refractivity contribution is 7.89. The Morgan fingerprint density at radius 3 is 2.10 bits per heavy atom. The van der Waals surface area contributed by atoms with Crippen LogP contribution in [0.3, 0.4) is 0 Å². The van der Waals surface area contributed by atoms with Crippen LogP contribution in [0.5, 0.6) is 0 Å². The summed E-state index contributed by atoms with van der Waals surface area (Å²) in [5.41, 5.74) is 2.90. The number of hydrogen-bond donors (Lipinski definition) is 5. The summed E-state index contributed by atoms with van der Waals surface area (Å²) in [5.74, 6) is -3.12. The Hall–Kier alpha value is -1.33. The van der Waals surface area contributed by atoms with Crippen LogP contribution in [0.4, 0.5) is 14.5 Å². The van der Waals surface area contributed by atoms with Gasteiger partial charge >= 0.3 is 0 Å². The maximum absolute atomic E-state index is 13.5. The summed E-state index contributed by atoms with van der Waals surface area (Å²) in [6.07, 6.45) is 0. The first-order valence-electron chi connectivity index (χ1n) is 5.32. The molecular weight excluding hydrogens is 298 g/mol. The second kappa shape index (κ2) is 5.97. The number of hydrogen-bond acceptors (Lipinski definition) is 6. The summed E-state index contributed by atoms with van der Waals surface area (Å²) in [5, 5.41) is 27.1. The van der Waals surface area contributed by atoms with Crippen molar-refractivity contribution in [2.24, 2.45) is 0 Å². The molecule has 0 aliphatic rings. The van der Waals surface area contributed by atoms with Crippen LogP contribution in [0.15, 0.2) is 17.0 Å².